The molecule has 4 heteroatoms. The second kappa shape index (κ2) is 9.74. The minimum atomic E-state index is -0.0719. The van der Waals surface area contributed by atoms with Gasteiger partial charge in [0.2, 0.25) is 0 Å². The molecule has 0 bridgehead atoms. The average molecular weight is 446 g/mol. The van der Waals surface area contributed by atoms with Gasteiger partial charge in [-0.3, -0.25) is 0 Å². The quantitative estimate of drug-likeness (QED) is 0.381. The zero-order valence-corrected chi connectivity index (χ0v) is 20.1. The maximum atomic E-state index is 5.69. The highest BCUT2D eigenvalue weighted by Crippen LogP contribution is 2.42. The van der Waals surface area contributed by atoms with Gasteiger partial charge in [0.25, 0.3) is 0 Å². The fourth-order valence-electron chi connectivity index (χ4n) is 4.23. The lowest BCUT2D eigenvalue weighted by Gasteiger charge is -2.32. The molecule has 3 aromatic carbocycles. The zero-order chi connectivity index (χ0) is 22.6. The Morgan fingerprint density at radius 3 is 2.44 bits per heavy atom. The second-order valence-electron chi connectivity index (χ2n) is 8.61. The van der Waals surface area contributed by atoms with Crippen LogP contribution in [0.4, 0.5) is 5.69 Å². The summed E-state index contributed by atoms with van der Waals surface area (Å²) in [5, 5.41) is 3.67. The van der Waals surface area contributed by atoms with E-state index in [2.05, 4.69) is 79.8 Å². The minimum Gasteiger partial charge on any atom is -0.493 e. The molecule has 166 valence electrons. The number of anilines is 1. The molecule has 1 aliphatic rings. The van der Waals surface area contributed by atoms with Gasteiger partial charge in [-0.15, -0.1) is 0 Å². The fourth-order valence-corrected chi connectivity index (χ4v) is 5.22. The smallest absolute Gasteiger partial charge is 0.168 e. The van der Waals surface area contributed by atoms with Crippen LogP contribution in [0.5, 0.6) is 11.5 Å². The average Bonchev–Trinajstić information content (AvgIpc) is 2.81. The molecule has 1 heterocycles. The number of fused-ring (bicyclic) bond motifs is 1. The largest absolute Gasteiger partial charge is 0.493 e. The molecule has 0 fully saturated rings. The number of aryl methyl sites for hydroxylation is 1. The standard InChI is InChI=1S/C28H31NO2S/c1-28(2)18-22(19-32-16-15-20-9-6-5-7-10-20)24-17-21(13-14-25(24)29-28)23-11-8-12-26(30-3)27(23)31-4/h5-14,17-18,29H,15-16,19H2,1-4H3. The summed E-state index contributed by atoms with van der Waals surface area (Å²) in [4.78, 5) is 0. The van der Waals surface area contributed by atoms with Crippen LogP contribution in [0.25, 0.3) is 16.7 Å². The normalized spacial score (nSPS) is 14.2. The molecule has 0 saturated carbocycles. The molecule has 0 saturated heterocycles. The summed E-state index contributed by atoms with van der Waals surface area (Å²) in [5.41, 5.74) is 7.31. The number of benzene rings is 3. The van der Waals surface area contributed by atoms with Crippen molar-refractivity contribution in [3.05, 3.63) is 83.9 Å². The van der Waals surface area contributed by atoms with Crippen LogP contribution in [0.3, 0.4) is 0 Å². The number of para-hydroxylation sites is 1. The molecule has 1 N–H and O–H groups in total. The van der Waals surface area contributed by atoms with Gasteiger partial charge in [0.15, 0.2) is 11.5 Å². The van der Waals surface area contributed by atoms with Crippen LogP contribution in [0, 0.1) is 0 Å². The Labute approximate surface area is 195 Å². The molecular formula is C28H31NO2S. The van der Waals surface area contributed by atoms with Crippen LogP contribution in [0.2, 0.25) is 0 Å². The van der Waals surface area contributed by atoms with Crippen molar-refractivity contribution in [2.75, 3.05) is 31.0 Å². The van der Waals surface area contributed by atoms with E-state index in [-0.39, 0.29) is 5.54 Å². The van der Waals surface area contributed by atoms with Crippen molar-refractivity contribution < 1.29 is 9.47 Å². The van der Waals surface area contributed by atoms with E-state index in [1.54, 1.807) is 14.2 Å². The van der Waals surface area contributed by atoms with Gasteiger partial charge in [0.1, 0.15) is 0 Å². The Balaban J connectivity index is 1.59. The molecule has 3 aromatic rings. The third-order valence-corrected chi connectivity index (χ3v) is 6.71. The number of hydrogen-bond acceptors (Lipinski definition) is 4. The molecule has 0 spiro atoms. The summed E-state index contributed by atoms with van der Waals surface area (Å²) >= 11 is 1.99. The SMILES string of the molecule is COc1cccc(-c2ccc3c(c2)C(CSCCc2ccccc2)=CC(C)(C)N3)c1OC. The van der Waals surface area contributed by atoms with Crippen molar-refractivity contribution >= 4 is 23.0 Å². The highest BCUT2D eigenvalue weighted by atomic mass is 32.2. The maximum absolute atomic E-state index is 5.69. The molecule has 0 amide bonds. The minimum absolute atomic E-state index is 0.0719. The van der Waals surface area contributed by atoms with E-state index in [1.807, 2.05) is 23.9 Å². The summed E-state index contributed by atoms with van der Waals surface area (Å²) in [5.74, 6) is 3.61. The van der Waals surface area contributed by atoms with Gasteiger partial charge in [-0.2, -0.15) is 11.8 Å². The number of hydrogen-bond donors (Lipinski definition) is 1. The summed E-state index contributed by atoms with van der Waals surface area (Å²) in [6.45, 7) is 4.45. The number of nitrogens with one attached hydrogen (secondary N) is 1. The van der Waals surface area contributed by atoms with Gasteiger partial charge < -0.3 is 14.8 Å². The zero-order valence-electron chi connectivity index (χ0n) is 19.3. The molecule has 0 unspecified atom stereocenters. The number of ether oxygens (including phenoxy) is 2. The van der Waals surface area contributed by atoms with Gasteiger partial charge in [0.05, 0.1) is 19.8 Å². The van der Waals surface area contributed by atoms with Crippen molar-refractivity contribution in [2.24, 2.45) is 0 Å². The Hall–Kier alpha value is -2.85. The third-order valence-electron chi connectivity index (χ3n) is 5.71. The first-order chi connectivity index (χ1) is 15.5. The van der Waals surface area contributed by atoms with E-state index in [9.17, 15) is 0 Å². The van der Waals surface area contributed by atoms with E-state index in [0.717, 1.165) is 40.6 Å². The van der Waals surface area contributed by atoms with E-state index in [1.165, 1.54) is 22.4 Å². The highest BCUT2D eigenvalue weighted by Gasteiger charge is 2.25. The Bertz CT molecular complexity index is 1110. The molecule has 4 rings (SSSR count). The molecule has 0 aromatic heterocycles. The molecule has 3 nitrogen and oxygen atoms in total. The van der Waals surface area contributed by atoms with Crippen molar-refractivity contribution in [3.63, 3.8) is 0 Å². The summed E-state index contributed by atoms with van der Waals surface area (Å²) < 4.78 is 11.2. The van der Waals surface area contributed by atoms with Gasteiger partial charge in [-0.05, 0) is 60.9 Å². The fraction of sp³-hybridized carbons (Fsp3) is 0.286. The van der Waals surface area contributed by atoms with Crippen LogP contribution >= 0.6 is 11.8 Å². The van der Waals surface area contributed by atoms with Gasteiger partial charge in [0, 0.05) is 22.6 Å². The van der Waals surface area contributed by atoms with Crippen LogP contribution in [-0.2, 0) is 6.42 Å². The Morgan fingerprint density at radius 2 is 1.69 bits per heavy atom. The summed E-state index contributed by atoms with van der Waals surface area (Å²) in [6.07, 6.45) is 3.46. The predicted octanol–water partition coefficient (Wildman–Crippen LogP) is 6.93. The van der Waals surface area contributed by atoms with Crippen molar-refractivity contribution in [2.45, 2.75) is 25.8 Å². The Morgan fingerprint density at radius 1 is 0.875 bits per heavy atom. The lowest BCUT2D eigenvalue weighted by atomic mass is 9.89. The van der Waals surface area contributed by atoms with E-state index in [0.29, 0.717) is 0 Å². The lowest BCUT2D eigenvalue weighted by molar-refractivity contribution is 0.356. The van der Waals surface area contributed by atoms with Gasteiger partial charge >= 0.3 is 0 Å². The summed E-state index contributed by atoms with van der Waals surface area (Å²) in [7, 11) is 3.37. The molecule has 0 atom stereocenters. The first-order valence-corrected chi connectivity index (χ1v) is 12.1. The van der Waals surface area contributed by atoms with Crippen LogP contribution < -0.4 is 14.8 Å². The van der Waals surface area contributed by atoms with Gasteiger partial charge in [-0.25, -0.2) is 0 Å². The monoisotopic (exact) mass is 445 g/mol. The second-order valence-corrected chi connectivity index (χ2v) is 9.71. The van der Waals surface area contributed by atoms with Crippen molar-refractivity contribution in [3.8, 4) is 22.6 Å². The third kappa shape index (κ3) is 4.97. The molecule has 32 heavy (non-hydrogen) atoms. The maximum Gasteiger partial charge on any atom is 0.168 e. The van der Waals surface area contributed by atoms with Crippen molar-refractivity contribution in [1.29, 1.82) is 0 Å². The van der Waals surface area contributed by atoms with E-state index in [4.69, 9.17) is 9.47 Å². The van der Waals surface area contributed by atoms with Gasteiger partial charge in [-0.1, -0.05) is 54.6 Å². The number of rotatable bonds is 8. The van der Waals surface area contributed by atoms with Crippen LogP contribution in [0.1, 0.15) is 25.0 Å². The first kappa shape index (κ1) is 22.3. The van der Waals surface area contributed by atoms with Crippen LogP contribution in [-0.4, -0.2) is 31.3 Å². The van der Waals surface area contributed by atoms with Crippen LogP contribution in [0.15, 0.2) is 72.8 Å². The predicted molar refractivity (Wildman–Crippen MR) is 138 cm³/mol. The highest BCUT2D eigenvalue weighted by molar-refractivity contribution is 7.99. The number of methoxy groups -OCH3 is 2. The van der Waals surface area contributed by atoms with E-state index < -0.39 is 0 Å². The first-order valence-electron chi connectivity index (χ1n) is 11.0. The van der Waals surface area contributed by atoms with E-state index >= 15 is 0 Å². The molecule has 0 radical (unpaired) electrons. The Kier molecular flexibility index (Phi) is 6.80. The molecule has 1 aliphatic heterocycles. The number of thioether (sulfide) groups is 1. The lowest BCUT2D eigenvalue weighted by Crippen LogP contribution is -2.32. The molecule has 0 aliphatic carbocycles. The molecular weight excluding hydrogens is 414 g/mol. The van der Waals surface area contributed by atoms with Crippen molar-refractivity contribution in [1.82, 2.24) is 0 Å². The topological polar surface area (TPSA) is 30.5 Å². The summed E-state index contributed by atoms with van der Waals surface area (Å²) in [6, 6.07) is 23.4.